The van der Waals surface area contributed by atoms with Gasteiger partial charge in [0.25, 0.3) is 5.91 Å². The Bertz CT molecular complexity index is 787. The fourth-order valence-corrected chi connectivity index (χ4v) is 3.35. The Hall–Kier alpha value is -2.34. The monoisotopic (exact) mass is 376 g/mol. The molecule has 0 aromatic heterocycles. The lowest BCUT2D eigenvalue weighted by Crippen LogP contribution is -2.35. The van der Waals surface area contributed by atoms with Crippen LogP contribution in [0.5, 0.6) is 0 Å². The summed E-state index contributed by atoms with van der Waals surface area (Å²) in [7, 11) is 0. The van der Waals surface area contributed by atoms with Crippen molar-refractivity contribution in [1.29, 1.82) is 0 Å². The summed E-state index contributed by atoms with van der Waals surface area (Å²) in [5, 5.41) is 0. The summed E-state index contributed by atoms with van der Waals surface area (Å²) in [6.07, 6.45) is -3.46. The summed E-state index contributed by atoms with van der Waals surface area (Å²) < 4.78 is 38.0. The van der Waals surface area contributed by atoms with Crippen molar-refractivity contribution >= 4 is 5.91 Å². The SMILES string of the molecule is Cc1cccc(C(=O)N2CCCN(Cc3ccc(C(F)(F)F)cc3)CC2)c1. The second-order valence-electron chi connectivity index (χ2n) is 6.99. The molecule has 0 N–H and O–H groups in total. The molecule has 0 spiro atoms. The Kier molecular flexibility index (Phi) is 5.85. The Labute approximate surface area is 157 Å². The van der Waals surface area contributed by atoms with Gasteiger partial charge in [-0.1, -0.05) is 29.8 Å². The number of rotatable bonds is 3. The van der Waals surface area contributed by atoms with Gasteiger partial charge in [-0.15, -0.1) is 0 Å². The van der Waals surface area contributed by atoms with Crippen LogP contribution < -0.4 is 0 Å². The van der Waals surface area contributed by atoms with Gasteiger partial charge >= 0.3 is 6.18 Å². The second kappa shape index (κ2) is 8.13. The molecule has 1 saturated heterocycles. The lowest BCUT2D eigenvalue weighted by Gasteiger charge is -2.22. The van der Waals surface area contributed by atoms with Gasteiger partial charge in [0.2, 0.25) is 0 Å². The van der Waals surface area contributed by atoms with E-state index in [1.54, 1.807) is 0 Å². The average Bonchev–Trinajstić information content (AvgIpc) is 2.86. The van der Waals surface area contributed by atoms with Gasteiger partial charge in [0, 0.05) is 38.3 Å². The minimum Gasteiger partial charge on any atom is -0.337 e. The molecule has 0 bridgehead atoms. The van der Waals surface area contributed by atoms with Crippen molar-refractivity contribution in [3.8, 4) is 0 Å². The lowest BCUT2D eigenvalue weighted by atomic mass is 10.1. The molecule has 1 fully saturated rings. The second-order valence-corrected chi connectivity index (χ2v) is 6.99. The normalized spacial score (nSPS) is 16.2. The Balaban J connectivity index is 1.59. The van der Waals surface area contributed by atoms with E-state index >= 15 is 0 Å². The van der Waals surface area contributed by atoms with E-state index in [-0.39, 0.29) is 5.91 Å². The molecule has 27 heavy (non-hydrogen) atoms. The number of aryl methyl sites for hydroxylation is 1. The van der Waals surface area contributed by atoms with Crippen molar-refractivity contribution in [2.24, 2.45) is 0 Å². The highest BCUT2D eigenvalue weighted by molar-refractivity contribution is 5.94. The van der Waals surface area contributed by atoms with E-state index in [1.165, 1.54) is 12.1 Å². The number of nitrogens with zero attached hydrogens (tertiary/aromatic N) is 2. The van der Waals surface area contributed by atoms with Crippen LogP contribution in [-0.4, -0.2) is 41.9 Å². The zero-order chi connectivity index (χ0) is 19.4. The maximum Gasteiger partial charge on any atom is 0.416 e. The molecule has 2 aromatic rings. The molecule has 1 aliphatic heterocycles. The molecule has 144 valence electrons. The first-order chi connectivity index (χ1) is 12.8. The van der Waals surface area contributed by atoms with Gasteiger partial charge in [0.05, 0.1) is 5.56 Å². The molecule has 0 atom stereocenters. The van der Waals surface area contributed by atoms with Crippen molar-refractivity contribution in [3.63, 3.8) is 0 Å². The Morgan fingerprint density at radius 1 is 1.00 bits per heavy atom. The van der Waals surface area contributed by atoms with Crippen LogP contribution in [0.1, 0.15) is 33.5 Å². The average molecular weight is 376 g/mol. The molecular weight excluding hydrogens is 353 g/mol. The molecule has 1 aliphatic rings. The minimum absolute atomic E-state index is 0.0371. The van der Waals surface area contributed by atoms with E-state index in [9.17, 15) is 18.0 Å². The highest BCUT2D eigenvalue weighted by atomic mass is 19.4. The molecule has 0 unspecified atom stereocenters. The summed E-state index contributed by atoms with van der Waals surface area (Å²) in [6, 6.07) is 12.9. The fraction of sp³-hybridized carbons (Fsp3) is 0.381. The minimum atomic E-state index is -4.31. The predicted octanol–water partition coefficient (Wildman–Crippen LogP) is 4.36. The van der Waals surface area contributed by atoms with Crippen molar-refractivity contribution in [3.05, 3.63) is 70.8 Å². The number of hydrogen-bond acceptors (Lipinski definition) is 2. The zero-order valence-electron chi connectivity index (χ0n) is 15.3. The molecular formula is C21H23F3N2O. The van der Waals surface area contributed by atoms with Crippen LogP contribution in [0.15, 0.2) is 48.5 Å². The summed E-state index contributed by atoms with van der Waals surface area (Å²) in [5.74, 6) is 0.0371. The molecule has 1 amide bonds. The smallest absolute Gasteiger partial charge is 0.337 e. The topological polar surface area (TPSA) is 23.6 Å². The number of halogens is 3. The van der Waals surface area contributed by atoms with Crippen LogP contribution in [0.25, 0.3) is 0 Å². The first kappa shape index (κ1) is 19.4. The molecule has 0 radical (unpaired) electrons. The third kappa shape index (κ3) is 5.10. The van der Waals surface area contributed by atoms with E-state index in [0.29, 0.717) is 31.7 Å². The molecule has 0 aliphatic carbocycles. The van der Waals surface area contributed by atoms with Crippen LogP contribution in [0, 0.1) is 6.92 Å². The quantitative estimate of drug-likeness (QED) is 0.795. The summed E-state index contributed by atoms with van der Waals surface area (Å²) in [4.78, 5) is 16.8. The van der Waals surface area contributed by atoms with Crippen molar-refractivity contribution in [2.45, 2.75) is 26.1 Å². The summed E-state index contributed by atoms with van der Waals surface area (Å²) >= 11 is 0. The van der Waals surface area contributed by atoms with Gasteiger partial charge in [-0.05, 0) is 43.2 Å². The number of hydrogen-bond donors (Lipinski definition) is 0. The summed E-state index contributed by atoms with van der Waals surface area (Å²) in [5.41, 5.74) is 1.98. The number of benzene rings is 2. The van der Waals surface area contributed by atoms with E-state index in [2.05, 4.69) is 4.90 Å². The Morgan fingerprint density at radius 2 is 1.74 bits per heavy atom. The molecule has 0 saturated carbocycles. The number of carbonyl (C=O) groups is 1. The predicted molar refractivity (Wildman–Crippen MR) is 98.4 cm³/mol. The van der Waals surface area contributed by atoms with Gasteiger partial charge in [-0.2, -0.15) is 13.2 Å². The molecule has 6 heteroatoms. The molecule has 3 rings (SSSR count). The summed E-state index contributed by atoms with van der Waals surface area (Å²) in [6.45, 7) is 5.39. The van der Waals surface area contributed by atoms with Crippen LogP contribution >= 0.6 is 0 Å². The van der Waals surface area contributed by atoms with Crippen molar-refractivity contribution in [2.75, 3.05) is 26.2 Å². The fourth-order valence-electron chi connectivity index (χ4n) is 3.35. The van der Waals surface area contributed by atoms with Crippen molar-refractivity contribution < 1.29 is 18.0 Å². The largest absolute Gasteiger partial charge is 0.416 e. The molecule has 3 nitrogen and oxygen atoms in total. The van der Waals surface area contributed by atoms with E-state index < -0.39 is 11.7 Å². The highest BCUT2D eigenvalue weighted by Crippen LogP contribution is 2.29. The van der Waals surface area contributed by atoms with Gasteiger partial charge in [-0.3, -0.25) is 9.69 Å². The van der Waals surface area contributed by atoms with Crippen LogP contribution in [0.4, 0.5) is 13.2 Å². The maximum absolute atomic E-state index is 12.7. The lowest BCUT2D eigenvalue weighted by molar-refractivity contribution is -0.137. The standard InChI is InChI=1S/C21H23F3N2O/c1-16-4-2-5-18(14-16)20(27)26-11-3-10-25(12-13-26)15-17-6-8-19(9-7-17)21(22,23)24/h2,4-9,14H,3,10-13,15H2,1H3. The first-order valence-corrected chi connectivity index (χ1v) is 9.07. The first-order valence-electron chi connectivity index (χ1n) is 9.07. The third-order valence-electron chi connectivity index (χ3n) is 4.83. The maximum atomic E-state index is 12.7. The van der Waals surface area contributed by atoms with Crippen LogP contribution in [-0.2, 0) is 12.7 Å². The molecule has 1 heterocycles. The molecule has 2 aromatic carbocycles. The highest BCUT2D eigenvalue weighted by Gasteiger charge is 2.30. The van der Waals surface area contributed by atoms with E-state index in [1.807, 2.05) is 36.1 Å². The number of alkyl halides is 3. The van der Waals surface area contributed by atoms with E-state index in [0.717, 1.165) is 36.2 Å². The number of amides is 1. The van der Waals surface area contributed by atoms with Gasteiger partial charge < -0.3 is 4.90 Å². The Morgan fingerprint density at radius 3 is 2.41 bits per heavy atom. The third-order valence-corrected chi connectivity index (χ3v) is 4.83. The van der Waals surface area contributed by atoms with Gasteiger partial charge in [-0.25, -0.2) is 0 Å². The van der Waals surface area contributed by atoms with E-state index in [4.69, 9.17) is 0 Å². The van der Waals surface area contributed by atoms with Crippen LogP contribution in [0.3, 0.4) is 0 Å². The zero-order valence-corrected chi connectivity index (χ0v) is 15.3. The van der Waals surface area contributed by atoms with Gasteiger partial charge in [0.1, 0.15) is 0 Å². The van der Waals surface area contributed by atoms with Gasteiger partial charge in [0.15, 0.2) is 0 Å². The van der Waals surface area contributed by atoms with Crippen molar-refractivity contribution in [1.82, 2.24) is 9.80 Å². The van der Waals surface area contributed by atoms with Crippen LogP contribution in [0.2, 0.25) is 0 Å². The number of carbonyl (C=O) groups excluding carboxylic acids is 1.